The molecule has 1 aromatic rings. The maximum atomic E-state index is 5.23. The minimum atomic E-state index is 0.618. The van der Waals surface area contributed by atoms with Gasteiger partial charge >= 0.3 is 0 Å². The molecule has 0 saturated carbocycles. The molecule has 0 fully saturated rings. The highest BCUT2D eigenvalue weighted by Crippen LogP contribution is 2.04. The summed E-state index contributed by atoms with van der Waals surface area (Å²) in [6, 6.07) is 3.90. The zero-order valence-electron chi connectivity index (χ0n) is 10.3. The van der Waals surface area contributed by atoms with E-state index in [1.807, 2.05) is 26.0 Å². The molecule has 5 heteroatoms. The number of hydrogen-bond acceptors (Lipinski definition) is 3. The van der Waals surface area contributed by atoms with Crippen molar-refractivity contribution < 1.29 is 4.74 Å². The molecule has 0 bridgehead atoms. The van der Waals surface area contributed by atoms with Crippen molar-refractivity contribution in [1.82, 2.24) is 10.3 Å². The SMILES string of the molecule is CCOCCCNC(=S)Nc1ccc(C)nc1. The van der Waals surface area contributed by atoms with E-state index in [2.05, 4.69) is 15.6 Å². The van der Waals surface area contributed by atoms with Gasteiger partial charge in [-0.3, -0.25) is 4.98 Å². The van der Waals surface area contributed by atoms with Crippen molar-refractivity contribution in [2.75, 3.05) is 25.1 Å². The van der Waals surface area contributed by atoms with Crippen LogP contribution in [0.15, 0.2) is 18.3 Å². The van der Waals surface area contributed by atoms with E-state index >= 15 is 0 Å². The standard InChI is InChI=1S/C12H19N3OS/c1-3-16-8-4-7-13-12(17)15-11-6-5-10(2)14-9-11/h5-6,9H,3-4,7-8H2,1-2H3,(H2,13,15,17). The molecule has 0 aliphatic rings. The first-order valence-corrected chi connectivity index (χ1v) is 6.18. The summed E-state index contributed by atoms with van der Waals surface area (Å²) in [7, 11) is 0. The largest absolute Gasteiger partial charge is 0.382 e. The second-order valence-electron chi connectivity index (χ2n) is 3.62. The van der Waals surface area contributed by atoms with E-state index in [0.717, 1.165) is 37.6 Å². The summed E-state index contributed by atoms with van der Waals surface area (Å²) in [6.07, 6.45) is 2.71. The molecule has 1 heterocycles. The molecule has 0 radical (unpaired) electrons. The number of nitrogens with zero attached hydrogens (tertiary/aromatic N) is 1. The van der Waals surface area contributed by atoms with Crippen LogP contribution in [-0.2, 0) is 4.74 Å². The summed E-state index contributed by atoms with van der Waals surface area (Å²) >= 11 is 5.16. The van der Waals surface area contributed by atoms with Gasteiger partial charge in [0.05, 0.1) is 11.9 Å². The van der Waals surface area contributed by atoms with Crippen LogP contribution in [0.5, 0.6) is 0 Å². The lowest BCUT2D eigenvalue weighted by Crippen LogP contribution is -2.29. The fourth-order valence-corrected chi connectivity index (χ4v) is 1.46. The molecular formula is C12H19N3OS. The first-order valence-electron chi connectivity index (χ1n) is 5.77. The Morgan fingerprint density at radius 3 is 2.94 bits per heavy atom. The number of ether oxygens (including phenoxy) is 1. The molecule has 0 spiro atoms. The summed E-state index contributed by atoms with van der Waals surface area (Å²) in [6.45, 7) is 6.28. The summed E-state index contributed by atoms with van der Waals surface area (Å²) in [4.78, 5) is 4.18. The van der Waals surface area contributed by atoms with Gasteiger partial charge < -0.3 is 15.4 Å². The van der Waals surface area contributed by atoms with Gasteiger partial charge in [-0.2, -0.15) is 0 Å². The van der Waals surface area contributed by atoms with E-state index in [0.29, 0.717) is 5.11 Å². The third-order valence-corrected chi connectivity index (χ3v) is 2.37. The lowest BCUT2D eigenvalue weighted by atomic mass is 10.3. The first-order chi connectivity index (χ1) is 8.22. The minimum absolute atomic E-state index is 0.618. The Kier molecular flexibility index (Phi) is 6.50. The van der Waals surface area contributed by atoms with Crippen molar-refractivity contribution in [1.29, 1.82) is 0 Å². The number of pyridine rings is 1. The van der Waals surface area contributed by atoms with Gasteiger partial charge in [0.15, 0.2) is 5.11 Å². The van der Waals surface area contributed by atoms with Crippen LogP contribution in [0.3, 0.4) is 0 Å². The van der Waals surface area contributed by atoms with Gasteiger partial charge in [0.2, 0.25) is 0 Å². The van der Waals surface area contributed by atoms with Crippen LogP contribution < -0.4 is 10.6 Å². The van der Waals surface area contributed by atoms with Crippen molar-refractivity contribution in [3.63, 3.8) is 0 Å². The fourth-order valence-electron chi connectivity index (χ4n) is 1.24. The van der Waals surface area contributed by atoms with Crippen molar-refractivity contribution in [3.8, 4) is 0 Å². The fraction of sp³-hybridized carbons (Fsp3) is 0.500. The lowest BCUT2D eigenvalue weighted by molar-refractivity contribution is 0.146. The van der Waals surface area contributed by atoms with Crippen LogP contribution in [-0.4, -0.2) is 29.9 Å². The molecule has 94 valence electrons. The van der Waals surface area contributed by atoms with Gasteiger partial charge in [-0.05, 0) is 44.6 Å². The topological polar surface area (TPSA) is 46.2 Å². The van der Waals surface area contributed by atoms with Gasteiger partial charge in [-0.1, -0.05) is 0 Å². The number of aryl methyl sites for hydroxylation is 1. The monoisotopic (exact) mass is 253 g/mol. The van der Waals surface area contributed by atoms with E-state index in [1.165, 1.54) is 0 Å². The highest BCUT2D eigenvalue weighted by atomic mass is 32.1. The molecule has 0 saturated heterocycles. The van der Waals surface area contributed by atoms with E-state index in [1.54, 1.807) is 6.20 Å². The van der Waals surface area contributed by atoms with E-state index in [9.17, 15) is 0 Å². The molecule has 1 aromatic heterocycles. The lowest BCUT2D eigenvalue weighted by Gasteiger charge is -2.10. The van der Waals surface area contributed by atoms with Crippen LogP contribution in [0.25, 0.3) is 0 Å². The Morgan fingerprint density at radius 2 is 2.29 bits per heavy atom. The molecule has 0 aliphatic carbocycles. The third kappa shape index (κ3) is 6.19. The molecule has 1 rings (SSSR count). The summed E-state index contributed by atoms with van der Waals surface area (Å²) < 4.78 is 5.23. The van der Waals surface area contributed by atoms with Gasteiger partial charge in [0, 0.05) is 25.5 Å². The van der Waals surface area contributed by atoms with Gasteiger partial charge in [0.25, 0.3) is 0 Å². The molecular weight excluding hydrogens is 234 g/mol. The Bertz CT molecular complexity index is 340. The van der Waals surface area contributed by atoms with Crippen LogP contribution >= 0.6 is 12.2 Å². The predicted molar refractivity (Wildman–Crippen MR) is 74.3 cm³/mol. The number of aromatic nitrogens is 1. The molecule has 2 N–H and O–H groups in total. The second-order valence-corrected chi connectivity index (χ2v) is 4.03. The van der Waals surface area contributed by atoms with Crippen LogP contribution in [0.2, 0.25) is 0 Å². The highest BCUT2D eigenvalue weighted by molar-refractivity contribution is 7.80. The zero-order chi connectivity index (χ0) is 12.5. The van der Waals surface area contributed by atoms with Gasteiger partial charge in [-0.15, -0.1) is 0 Å². The van der Waals surface area contributed by atoms with E-state index < -0.39 is 0 Å². The summed E-state index contributed by atoms with van der Waals surface area (Å²) in [5.41, 5.74) is 1.89. The van der Waals surface area contributed by atoms with Crippen molar-refractivity contribution in [3.05, 3.63) is 24.0 Å². The number of nitrogens with one attached hydrogen (secondary N) is 2. The Labute approximate surface area is 108 Å². The maximum Gasteiger partial charge on any atom is 0.170 e. The molecule has 4 nitrogen and oxygen atoms in total. The smallest absolute Gasteiger partial charge is 0.170 e. The van der Waals surface area contributed by atoms with E-state index in [-0.39, 0.29) is 0 Å². The third-order valence-electron chi connectivity index (χ3n) is 2.12. The van der Waals surface area contributed by atoms with Gasteiger partial charge in [0.1, 0.15) is 0 Å². The molecule has 0 unspecified atom stereocenters. The average molecular weight is 253 g/mol. The van der Waals surface area contributed by atoms with Crippen LogP contribution in [0.4, 0.5) is 5.69 Å². The van der Waals surface area contributed by atoms with Crippen molar-refractivity contribution in [2.24, 2.45) is 0 Å². The van der Waals surface area contributed by atoms with Gasteiger partial charge in [-0.25, -0.2) is 0 Å². The predicted octanol–water partition coefficient (Wildman–Crippen LogP) is 2.10. The molecule has 0 amide bonds. The Morgan fingerprint density at radius 1 is 1.47 bits per heavy atom. The van der Waals surface area contributed by atoms with E-state index in [4.69, 9.17) is 17.0 Å². The maximum absolute atomic E-state index is 5.23. The zero-order valence-corrected chi connectivity index (χ0v) is 11.1. The van der Waals surface area contributed by atoms with Crippen LogP contribution in [0, 0.1) is 6.92 Å². The Hall–Kier alpha value is -1.20. The number of rotatable bonds is 6. The summed E-state index contributed by atoms with van der Waals surface area (Å²) in [5, 5.41) is 6.81. The molecule has 0 aliphatic heterocycles. The average Bonchev–Trinajstić information content (AvgIpc) is 2.32. The number of hydrogen-bond donors (Lipinski definition) is 2. The van der Waals surface area contributed by atoms with Crippen LogP contribution in [0.1, 0.15) is 19.0 Å². The summed E-state index contributed by atoms with van der Waals surface area (Å²) in [5.74, 6) is 0. The normalized spacial score (nSPS) is 10.0. The number of thiocarbonyl (C=S) groups is 1. The minimum Gasteiger partial charge on any atom is -0.382 e. The first kappa shape index (κ1) is 13.9. The number of anilines is 1. The second kappa shape index (κ2) is 7.97. The molecule has 0 aromatic carbocycles. The highest BCUT2D eigenvalue weighted by Gasteiger charge is 1.97. The van der Waals surface area contributed by atoms with Crippen molar-refractivity contribution in [2.45, 2.75) is 20.3 Å². The molecule has 0 atom stereocenters. The quantitative estimate of drug-likeness (QED) is 0.600. The van der Waals surface area contributed by atoms with Crippen molar-refractivity contribution >= 4 is 23.0 Å². The Balaban J connectivity index is 2.18. The molecule has 17 heavy (non-hydrogen) atoms.